The number of hydrogen-bond donors (Lipinski definition) is 1. The van der Waals surface area contributed by atoms with Gasteiger partial charge in [0.1, 0.15) is 0 Å². The Hall–Kier alpha value is -1.90. The van der Waals surface area contributed by atoms with Gasteiger partial charge < -0.3 is 0 Å². The summed E-state index contributed by atoms with van der Waals surface area (Å²) >= 11 is 0. The molecule has 0 saturated heterocycles. The molecule has 0 saturated carbocycles. The van der Waals surface area contributed by atoms with E-state index in [4.69, 9.17) is 0 Å². The SMILES string of the molecule is CC(C)(C)/C=C/C(=O)NC(=O)c1ccccc1. The second-order valence-electron chi connectivity index (χ2n) is 4.88. The minimum Gasteiger partial charge on any atom is -0.289 e. The van der Waals surface area contributed by atoms with Gasteiger partial charge in [-0.3, -0.25) is 14.9 Å². The van der Waals surface area contributed by atoms with Crippen LogP contribution < -0.4 is 5.32 Å². The smallest absolute Gasteiger partial charge is 0.258 e. The first-order valence-corrected chi connectivity index (χ1v) is 5.48. The van der Waals surface area contributed by atoms with E-state index < -0.39 is 5.91 Å². The van der Waals surface area contributed by atoms with Crippen LogP contribution >= 0.6 is 0 Å². The fourth-order valence-electron chi connectivity index (χ4n) is 1.14. The average molecular weight is 231 g/mol. The Bertz CT molecular complexity index is 427. The molecule has 0 atom stereocenters. The number of carbonyl (C=O) groups excluding carboxylic acids is 2. The van der Waals surface area contributed by atoms with Gasteiger partial charge in [0.25, 0.3) is 11.8 Å². The lowest BCUT2D eigenvalue weighted by atomic mass is 9.96. The highest BCUT2D eigenvalue weighted by Gasteiger charge is 2.09. The number of benzene rings is 1. The highest BCUT2D eigenvalue weighted by Crippen LogP contribution is 2.13. The number of rotatable bonds is 2. The first-order valence-electron chi connectivity index (χ1n) is 5.48. The molecule has 0 heterocycles. The average Bonchev–Trinajstić information content (AvgIpc) is 2.27. The summed E-state index contributed by atoms with van der Waals surface area (Å²) in [5, 5.41) is 2.30. The van der Waals surface area contributed by atoms with Crippen LogP contribution in [0.15, 0.2) is 42.5 Å². The molecule has 0 aliphatic rings. The highest BCUT2D eigenvalue weighted by molar-refractivity contribution is 6.07. The maximum Gasteiger partial charge on any atom is 0.258 e. The zero-order chi connectivity index (χ0) is 12.9. The molecular formula is C14H17NO2. The third-order valence-corrected chi connectivity index (χ3v) is 2.01. The molecule has 0 fully saturated rings. The standard InChI is InChI=1S/C14H17NO2/c1-14(2,3)10-9-12(16)15-13(17)11-7-5-4-6-8-11/h4-10H,1-3H3,(H,15,16,17)/b10-9+. The topological polar surface area (TPSA) is 46.2 Å². The quantitative estimate of drug-likeness (QED) is 0.795. The molecule has 0 spiro atoms. The normalized spacial score (nSPS) is 11.5. The van der Waals surface area contributed by atoms with E-state index in [-0.39, 0.29) is 11.3 Å². The number of hydrogen-bond acceptors (Lipinski definition) is 2. The van der Waals surface area contributed by atoms with Crippen molar-refractivity contribution in [1.82, 2.24) is 5.32 Å². The van der Waals surface area contributed by atoms with Crippen LogP contribution in [0.4, 0.5) is 0 Å². The predicted octanol–water partition coefficient (Wildman–Crippen LogP) is 2.55. The Balaban J connectivity index is 2.59. The summed E-state index contributed by atoms with van der Waals surface area (Å²) in [5.41, 5.74) is 0.401. The zero-order valence-corrected chi connectivity index (χ0v) is 10.4. The van der Waals surface area contributed by atoms with Gasteiger partial charge in [0.05, 0.1) is 0 Å². The first kappa shape index (κ1) is 13.2. The molecule has 3 heteroatoms. The van der Waals surface area contributed by atoms with E-state index in [0.717, 1.165) is 0 Å². The minimum absolute atomic E-state index is 0.0763. The van der Waals surface area contributed by atoms with E-state index in [1.165, 1.54) is 6.08 Å². The molecule has 1 aromatic rings. The van der Waals surface area contributed by atoms with Crippen molar-refractivity contribution in [2.45, 2.75) is 20.8 Å². The Morgan fingerprint density at radius 2 is 1.71 bits per heavy atom. The summed E-state index contributed by atoms with van der Waals surface area (Å²) in [6.07, 6.45) is 3.15. The second-order valence-corrected chi connectivity index (χ2v) is 4.88. The van der Waals surface area contributed by atoms with Crippen molar-refractivity contribution in [3.63, 3.8) is 0 Å². The van der Waals surface area contributed by atoms with E-state index >= 15 is 0 Å². The summed E-state index contributed by atoms with van der Waals surface area (Å²) in [6.45, 7) is 5.95. The van der Waals surface area contributed by atoms with Crippen LogP contribution in [-0.2, 0) is 4.79 Å². The summed E-state index contributed by atoms with van der Waals surface area (Å²) in [5.74, 6) is -0.775. The van der Waals surface area contributed by atoms with E-state index in [9.17, 15) is 9.59 Å². The van der Waals surface area contributed by atoms with Gasteiger partial charge >= 0.3 is 0 Å². The molecule has 1 rings (SSSR count). The maximum absolute atomic E-state index is 11.6. The summed E-state index contributed by atoms with van der Waals surface area (Å²) in [6, 6.07) is 8.65. The van der Waals surface area contributed by atoms with Gasteiger partial charge in [-0.1, -0.05) is 45.0 Å². The van der Waals surface area contributed by atoms with Crippen LogP contribution in [0, 0.1) is 5.41 Å². The molecule has 1 N–H and O–H groups in total. The number of amides is 2. The largest absolute Gasteiger partial charge is 0.289 e. The molecule has 0 aliphatic carbocycles. The third kappa shape index (κ3) is 5.11. The van der Waals surface area contributed by atoms with Crippen molar-refractivity contribution in [3.8, 4) is 0 Å². The third-order valence-electron chi connectivity index (χ3n) is 2.01. The van der Waals surface area contributed by atoms with E-state index in [1.807, 2.05) is 26.8 Å². The Morgan fingerprint density at radius 1 is 1.12 bits per heavy atom. The van der Waals surface area contributed by atoms with Crippen molar-refractivity contribution < 1.29 is 9.59 Å². The summed E-state index contributed by atoms with van der Waals surface area (Å²) in [4.78, 5) is 23.1. The molecule has 1 aromatic carbocycles. The lowest BCUT2D eigenvalue weighted by Crippen LogP contribution is -2.29. The molecule has 0 radical (unpaired) electrons. The van der Waals surface area contributed by atoms with Crippen LogP contribution in [0.25, 0.3) is 0 Å². The van der Waals surface area contributed by atoms with Crippen LogP contribution in [0.1, 0.15) is 31.1 Å². The molecule has 90 valence electrons. The fourth-order valence-corrected chi connectivity index (χ4v) is 1.14. The van der Waals surface area contributed by atoms with Crippen molar-refractivity contribution in [1.29, 1.82) is 0 Å². The number of nitrogens with one attached hydrogen (secondary N) is 1. The lowest BCUT2D eigenvalue weighted by Gasteiger charge is -2.10. The van der Waals surface area contributed by atoms with E-state index in [0.29, 0.717) is 5.56 Å². The van der Waals surface area contributed by atoms with Gasteiger partial charge in [-0.05, 0) is 23.6 Å². The monoisotopic (exact) mass is 231 g/mol. The Labute approximate surface area is 102 Å². The Morgan fingerprint density at radius 3 is 2.24 bits per heavy atom. The number of carbonyl (C=O) groups is 2. The van der Waals surface area contributed by atoms with E-state index in [2.05, 4.69) is 5.32 Å². The molecule has 0 bridgehead atoms. The van der Waals surface area contributed by atoms with Crippen LogP contribution in [0.5, 0.6) is 0 Å². The van der Waals surface area contributed by atoms with Crippen molar-refractivity contribution in [2.24, 2.45) is 5.41 Å². The second kappa shape index (κ2) is 5.43. The van der Waals surface area contributed by atoms with Gasteiger partial charge in [-0.15, -0.1) is 0 Å². The van der Waals surface area contributed by atoms with Gasteiger partial charge in [-0.2, -0.15) is 0 Å². The molecule has 17 heavy (non-hydrogen) atoms. The van der Waals surface area contributed by atoms with E-state index in [1.54, 1.807) is 30.3 Å². The first-order chi connectivity index (χ1) is 7.88. The van der Waals surface area contributed by atoms with Gasteiger partial charge in [0, 0.05) is 5.56 Å². The molecule has 2 amide bonds. The summed E-state index contributed by atoms with van der Waals surface area (Å²) < 4.78 is 0. The predicted molar refractivity (Wildman–Crippen MR) is 67.5 cm³/mol. The Kier molecular flexibility index (Phi) is 4.21. The van der Waals surface area contributed by atoms with Crippen molar-refractivity contribution in [2.75, 3.05) is 0 Å². The van der Waals surface area contributed by atoms with Gasteiger partial charge in [0.15, 0.2) is 0 Å². The molecule has 3 nitrogen and oxygen atoms in total. The van der Waals surface area contributed by atoms with Crippen LogP contribution in [0.3, 0.4) is 0 Å². The van der Waals surface area contributed by atoms with Crippen LogP contribution in [-0.4, -0.2) is 11.8 Å². The molecule has 0 unspecified atom stereocenters. The highest BCUT2D eigenvalue weighted by atomic mass is 16.2. The zero-order valence-electron chi connectivity index (χ0n) is 10.4. The fraction of sp³-hybridized carbons (Fsp3) is 0.286. The van der Waals surface area contributed by atoms with Crippen molar-refractivity contribution >= 4 is 11.8 Å². The molecular weight excluding hydrogens is 214 g/mol. The molecule has 0 aromatic heterocycles. The van der Waals surface area contributed by atoms with Crippen LogP contribution in [0.2, 0.25) is 0 Å². The number of allylic oxidation sites excluding steroid dienone is 1. The van der Waals surface area contributed by atoms with Crippen molar-refractivity contribution in [3.05, 3.63) is 48.0 Å². The number of imide groups is 1. The van der Waals surface area contributed by atoms with Gasteiger partial charge in [-0.25, -0.2) is 0 Å². The lowest BCUT2D eigenvalue weighted by molar-refractivity contribution is -0.115. The maximum atomic E-state index is 11.6. The van der Waals surface area contributed by atoms with Gasteiger partial charge in [0.2, 0.25) is 0 Å². The summed E-state index contributed by atoms with van der Waals surface area (Å²) in [7, 11) is 0. The molecule has 0 aliphatic heterocycles. The minimum atomic E-state index is -0.395.